The minimum Gasteiger partial charge on any atom is -0.497 e. The molecule has 0 aliphatic rings. The molecule has 1 N–H and O–H groups in total. The number of carbonyl (C=O) groups excluding carboxylic acids is 2. The van der Waals surface area contributed by atoms with Crippen LogP contribution in [0.5, 0.6) is 11.5 Å². The molecule has 0 saturated heterocycles. The Labute approximate surface area is 425 Å². The largest absolute Gasteiger partial charge is 0.497 e. The van der Waals surface area contributed by atoms with Crippen LogP contribution in [0.1, 0.15) is 44.5 Å². The number of hydrogen-bond acceptors (Lipinski definition) is 14. The normalized spacial score (nSPS) is 11.5. The summed E-state index contributed by atoms with van der Waals surface area (Å²) >= 11 is 0. The summed E-state index contributed by atoms with van der Waals surface area (Å²) in [6.45, 7) is 11.0. The molecule has 17 nitrogen and oxygen atoms in total. The number of sulfonamides is 2. The number of amides is 1. The van der Waals surface area contributed by atoms with E-state index >= 15 is 0 Å². The lowest BCUT2D eigenvalue weighted by atomic mass is 10.1. The van der Waals surface area contributed by atoms with Gasteiger partial charge in [-0.1, -0.05) is 48.5 Å². The van der Waals surface area contributed by atoms with Crippen LogP contribution >= 0.6 is 0 Å². The molecule has 0 saturated carbocycles. The van der Waals surface area contributed by atoms with Gasteiger partial charge in [-0.2, -0.15) is 8.61 Å². The third-order valence-corrected chi connectivity index (χ3v) is 15.5. The lowest BCUT2D eigenvalue weighted by Crippen LogP contribution is -2.33. The molecule has 0 aliphatic carbocycles. The minimum absolute atomic E-state index is 0.105. The second-order valence-electron chi connectivity index (χ2n) is 17.7. The van der Waals surface area contributed by atoms with E-state index in [4.69, 9.17) is 18.9 Å². The summed E-state index contributed by atoms with van der Waals surface area (Å²) in [7, 11) is 10.8. The Morgan fingerprint density at radius 3 is 1.32 bits per heavy atom. The van der Waals surface area contributed by atoms with Gasteiger partial charge in [-0.05, 0) is 145 Å². The fraction of sp³-hybridized carbons (Fsp3) is 0.500. The van der Waals surface area contributed by atoms with Gasteiger partial charge in [0.25, 0.3) is 6.47 Å². The Balaban J connectivity index is 0.000000407. The number of ether oxygens (including phenoxy) is 5. The van der Waals surface area contributed by atoms with Crippen molar-refractivity contribution in [2.75, 3.05) is 123 Å². The monoisotopic (exact) mass is 1030 g/mol. The number of likely N-dealkylation sites (N-methyl/N-ethyl adjacent to an activating group) is 5. The van der Waals surface area contributed by atoms with Crippen LogP contribution in [0.2, 0.25) is 0 Å². The quantitative estimate of drug-likeness (QED) is 0.0463. The van der Waals surface area contributed by atoms with Crippen molar-refractivity contribution in [2.45, 2.75) is 63.4 Å². The van der Waals surface area contributed by atoms with Crippen LogP contribution in [-0.2, 0) is 69.8 Å². The summed E-state index contributed by atoms with van der Waals surface area (Å²) in [5, 5.41) is 3.15. The van der Waals surface area contributed by atoms with Gasteiger partial charge in [-0.25, -0.2) is 16.8 Å². The first-order valence-electron chi connectivity index (χ1n) is 23.3. The van der Waals surface area contributed by atoms with E-state index in [-0.39, 0.29) is 61.9 Å². The van der Waals surface area contributed by atoms with Crippen molar-refractivity contribution in [3.63, 3.8) is 0 Å². The second-order valence-corrected chi connectivity index (χ2v) is 21.7. The van der Waals surface area contributed by atoms with E-state index in [0.717, 1.165) is 38.0 Å². The summed E-state index contributed by atoms with van der Waals surface area (Å²) in [5.74, 6) is 1.08. The highest BCUT2D eigenvalue weighted by Crippen LogP contribution is 2.29. The van der Waals surface area contributed by atoms with Crippen molar-refractivity contribution in [2.24, 2.45) is 0 Å². The number of hydrogen-bond donors (Lipinski definition) is 1. The van der Waals surface area contributed by atoms with Crippen LogP contribution < -0.4 is 14.8 Å². The Morgan fingerprint density at radius 2 is 0.958 bits per heavy atom. The highest BCUT2D eigenvalue weighted by atomic mass is 32.2. The van der Waals surface area contributed by atoms with Crippen LogP contribution in [0.3, 0.4) is 0 Å². The molecule has 0 spiro atoms. The molecule has 0 radical (unpaired) electrons. The van der Waals surface area contributed by atoms with Gasteiger partial charge in [0.15, 0.2) is 6.79 Å². The van der Waals surface area contributed by atoms with E-state index in [2.05, 4.69) is 84.4 Å². The molecule has 0 bridgehead atoms. The third kappa shape index (κ3) is 21.3. The number of carbonyl (C=O) groups is 2. The second kappa shape index (κ2) is 31.5. The molecule has 4 aromatic rings. The Bertz CT molecular complexity index is 2410. The maximum atomic E-state index is 13.1. The molecule has 0 aromatic heterocycles. The molecule has 1 amide bonds. The predicted molar refractivity (Wildman–Crippen MR) is 280 cm³/mol. The molecule has 71 heavy (non-hydrogen) atoms. The molecule has 0 aliphatic heterocycles. The fourth-order valence-corrected chi connectivity index (χ4v) is 10.2. The van der Waals surface area contributed by atoms with Gasteiger partial charge in [0.2, 0.25) is 26.0 Å². The average molecular weight is 1030 g/mol. The van der Waals surface area contributed by atoms with Crippen LogP contribution in [-0.4, -0.2) is 176 Å². The van der Waals surface area contributed by atoms with Gasteiger partial charge in [0.05, 0.1) is 37.2 Å². The molecule has 0 fully saturated rings. The molecule has 4 aromatic carbocycles. The van der Waals surface area contributed by atoms with E-state index in [0.29, 0.717) is 40.3 Å². The SMILES string of the molecule is CNCc1ccc(CCN(C)C)cc1.COc1cc(C)c(S(=O)(=O)N(C)CCOCC(=O)N(C)Cc2ccc(CCN(C)C)cc2)c(C)c1.COc1cc(C)c(S(=O)(=O)N(C)CCOCOC=O)c(C)c1. The van der Waals surface area contributed by atoms with Gasteiger partial charge in [0, 0.05) is 60.4 Å². The standard InChI is InChI=1S/C26H39N3O5S.C14H21NO6S.C12H20N2/c1-20-16-24(33-7)17-21(2)26(20)35(31,32)29(6)14-15-34-19-25(30)28(5)18-23-10-8-22(9-11-23)12-13-27(3)4;1-11-7-13(19-4)8-12(2)14(11)22(17,18)15(3)5-6-20-10-21-9-16;1-13-10-12-6-4-11(5-7-12)8-9-14(2)3/h8-11,16-17H,12-15,18-19H2,1-7H3;7-9H,5-6,10H2,1-4H3;4-7,13H,8-10H2,1-3H3. The van der Waals surface area contributed by atoms with Gasteiger partial charge < -0.3 is 43.7 Å². The first kappa shape index (κ1) is 62.2. The molecular weight excluding hydrogens is 949 g/mol. The summed E-state index contributed by atoms with van der Waals surface area (Å²) < 4.78 is 79.1. The predicted octanol–water partition coefficient (Wildman–Crippen LogP) is 5.30. The molecule has 19 heteroatoms. The zero-order valence-corrected chi connectivity index (χ0v) is 46.2. The van der Waals surface area contributed by atoms with Gasteiger partial charge in [-0.3, -0.25) is 9.59 Å². The van der Waals surface area contributed by atoms with Crippen LogP contribution in [0.15, 0.2) is 82.6 Å². The number of nitrogens with zero attached hydrogens (tertiary/aromatic N) is 5. The number of benzene rings is 4. The molecule has 4 rings (SSSR count). The number of rotatable bonds is 27. The molecule has 0 heterocycles. The van der Waals surface area contributed by atoms with Crippen LogP contribution in [0, 0.1) is 27.7 Å². The van der Waals surface area contributed by atoms with E-state index < -0.39 is 20.0 Å². The Hall–Kier alpha value is -4.96. The van der Waals surface area contributed by atoms with Crippen LogP contribution in [0.25, 0.3) is 0 Å². The van der Waals surface area contributed by atoms with Crippen LogP contribution in [0.4, 0.5) is 0 Å². The van der Waals surface area contributed by atoms with Gasteiger partial charge in [-0.15, -0.1) is 0 Å². The highest BCUT2D eigenvalue weighted by molar-refractivity contribution is 7.89. The summed E-state index contributed by atoms with van der Waals surface area (Å²) in [4.78, 5) is 28.9. The van der Waals surface area contributed by atoms with Crippen molar-refractivity contribution in [1.82, 2.24) is 28.6 Å². The van der Waals surface area contributed by atoms with E-state index in [1.165, 1.54) is 46.5 Å². The topological polar surface area (TPSA) is 177 Å². The Morgan fingerprint density at radius 1 is 0.577 bits per heavy atom. The molecule has 0 unspecified atom stereocenters. The zero-order chi connectivity index (χ0) is 53.3. The highest BCUT2D eigenvalue weighted by Gasteiger charge is 2.27. The summed E-state index contributed by atoms with van der Waals surface area (Å²) in [6.07, 6.45) is 2.12. The van der Waals surface area contributed by atoms with Gasteiger partial charge >= 0.3 is 0 Å². The van der Waals surface area contributed by atoms with Crippen molar-refractivity contribution in [1.29, 1.82) is 0 Å². The Kier molecular flexibility index (Phi) is 27.6. The fourth-order valence-electron chi connectivity index (χ4n) is 7.12. The lowest BCUT2D eigenvalue weighted by molar-refractivity contribution is -0.140. The van der Waals surface area contributed by atoms with E-state index in [1.807, 2.05) is 19.2 Å². The maximum absolute atomic E-state index is 13.1. The number of nitrogens with one attached hydrogen (secondary N) is 1. The zero-order valence-electron chi connectivity index (χ0n) is 44.5. The molecule has 396 valence electrons. The van der Waals surface area contributed by atoms with Crippen molar-refractivity contribution in [3.8, 4) is 11.5 Å². The average Bonchev–Trinajstić information content (AvgIpc) is 3.31. The first-order valence-corrected chi connectivity index (χ1v) is 26.2. The summed E-state index contributed by atoms with van der Waals surface area (Å²) in [6, 6.07) is 23.9. The third-order valence-electron chi connectivity index (χ3n) is 11.2. The van der Waals surface area contributed by atoms with Crippen molar-refractivity contribution < 1.29 is 50.1 Å². The molecular formula is C52H80N6O11S2. The first-order chi connectivity index (χ1) is 33.5. The lowest BCUT2D eigenvalue weighted by Gasteiger charge is -2.21. The smallest absolute Gasteiger partial charge is 0.295 e. The van der Waals surface area contributed by atoms with E-state index in [1.54, 1.807) is 71.0 Å². The van der Waals surface area contributed by atoms with Gasteiger partial charge in [0.1, 0.15) is 18.1 Å². The summed E-state index contributed by atoms with van der Waals surface area (Å²) in [5.41, 5.74) is 7.56. The van der Waals surface area contributed by atoms with E-state index in [9.17, 15) is 26.4 Å². The number of methoxy groups -OCH3 is 2. The minimum atomic E-state index is -3.70. The molecule has 0 atom stereocenters. The number of aryl methyl sites for hydroxylation is 4. The maximum Gasteiger partial charge on any atom is 0.295 e. The van der Waals surface area contributed by atoms with Crippen molar-refractivity contribution in [3.05, 3.63) is 117 Å². The van der Waals surface area contributed by atoms with Crippen molar-refractivity contribution >= 4 is 32.4 Å².